The van der Waals surface area contributed by atoms with Crippen LogP contribution in [0.3, 0.4) is 0 Å². The van der Waals surface area contributed by atoms with Gasteiger partial charge in [0.15, 0.2) is 6.29 Å². The van der Waals surface area contributed by atoms with Crippen molar-refractivity contribution in [1.82, 2.24) is 25.8 Å². The smallest absolute Gasteiger partial charge is 0.319 e. The van der Waals surface area contributed by atoms with Gasteiger partial charge in [0.2, 0.25) is 5.91 Å². The quantitative estimate of drug-likeness (QED) is 0.527. The Balaban J connectivity index is 1.57. The van der Waals surface area contributed by atoms with Crippen molar-refractivity contribution < 1.29 is 19.2 Å². The molecular weight excluding hydrogens is 408 g/mol. The second kappa shape index (κ2) is 8.00. The number of likely N-dealkylation sites (tertiary alicyclic amines) is 1. The number of carbonyl (C=O) groups is 4. The number of fused-ring (bicyclic) bond motifs is 1. The lowest BCUT2D eigenvalue weighted by molar-refractivity contribution is -0.126. The van der Waals surface area contributed by atoms with Crippen LogP contribution in [0.25, 0.3) is 10.1 Å². The average molecular weight is 430 g/mol. The highest BCUT2D eigenvalue weighted by Gasteiger charge is 2.48. The zero-order chi connectivity index (χ0) is 21.3. The number of piperidine rings is 1. The van der Waals surface area contributed by atoms with Gasteiger partial charge in [-0.2, -0.15) is 0 Å². The third kappa shape index (κ3) is 3.50. The Morgan fingerprint density at radius 3 is 2.83 bits per heavy atom. The van der Waals surface area contributed by atoms with Gasteiger partial charge in [-0.25, -0.2) is 4.79 Å². The van der Waals surface area contributed by atoms with Crippen LogP contribution in [0, 0.1) is 0 Å². The van der Waals surface area contributed by atoms with E-state index in [4.69, 9.17) is 0 Å². The summed E-state index contributed by atoms with van der Waals surface area (Å²) >= 11 is 1.30. The molecule has 10 nitrogen and oxygen atoms in total. The van der Waals surface area contributed by atoms with Gasteiger partial charge < -0.3 is 15.5 Å². The van der Waals surface area contributed by atoms with Gasteiger partial charge in [-0.1, -0.05) is 0 Å². The number of anilines is 1. The maximum atomic E-state index is 13.4. The fraction of sp³-hybridized carbons (Fsp3) is 0.421. The fourth-order valence-electron chi connectivity index (χ4n) is 3.93. The standard InChI is InChI=1S/C19H22N6O4S/c1-2-21-18(29)23-15-14(11-3-6-20-9-12(11)30-15)16(27)25-7-4-19(5-8-25)17(28)22-13(10-26)24-19/h3,6,9-10,13,24H,2,4-5,7-8H2,1H3,(H,22,28)(H2,21,23,29). The lowest BCUT2D eigenvalue weighted by Crippen LogP contribution is -2.56. The number of aldehydes is 1. The summed E-state index contributed by atoms with van der Waals surface area (Å²) < 4.78 is 0.798. The molecule has 2 aliphatic heterocycles. The molecule has 1 unspecified atom stereocenters. The molecule has 4 rings (SSSR count). The second-order valence-electron chi connectivity index (χ2n) is 7.27. The summed E-state index contributed by atoms with van der Waals surface area (Å²) in [5.41, 5.74) is -0.403. The zero-order valence-electron chi connectivity index (χ0n) is 16.4. The van der Waals surface area contributed by atoms with E-state index in [9.17, 15) is 19.2 Å². The van der Waals surface area contributed by atoms with E-state index >= 15 is 0 Å². The largest absolute Gasteiger partial charge is 0.338 e. The highest BCUT2D eigenvalue weighted by molar-refractivity contribution is 7.23. The van der Waals surface area contributed by atoms with Gasteiger partial charge in [-0.05, 0) is 25.8 Å². The molecule has 0 aromatic carbocycles. The van der Waals surface area contributed by atoms with Crippen LogP contribution in [0.2, 0.25) is 0 Å². The summed E-state index contributed by atoms with van der Waals surface area (Å²) in [6.07, 6.45) is 4.04. The van der Waals surface area contributed by atoms with E-state index in [1.807, 2.05) is 6.92 Å². The highest BCUT2D eigenvalue weighted by atomic mass is 32.1. The molecule has 4 heterocycles. The molecule has 158 valence electrons. The van der Waals surface area contributed by atoms with Crippen LogP contribution in [0.1, 0.15) is 30.1 Å². The Bertz CT molecular complexity index is 1010. The maximum Gasteiger partial charge on any atom is 0.319 e. The number of nitrogens with one attached hydrogen (secondary N) is 4. The molecule has 11 heteroatoms. The molecule has 1 atom stereocenters. The molecule has 4 N–H and O–H groups in total. The first-order chi connectivity index (χ1) is 14.5. The molecule has 2 saturated heterocycles. The summed E-state index contributed by atoms with van der Waals surface area (Å²) in [6.45, 7) is 2.99. The SMILES string of the molecule is CCNC(=O)Nc1sc2cnccc2c1C(=O)N1CCC2(CC1)NC(C=O)NC2=O. The van der Waals surface area contributed by atoms with Crippen molar-refractivity contribution in [3.63, 3.8) is 0 Å². The zero-order valence-corrected chi connectivity index (χ0v) is 17.2. The Kier molecular flexibility index (Phi) is 5.39. The summed E-state index contributed by atoms with van der Waals surface area (Å²) in [5.74, 6) is -0.420. The monoisotopic (exact) mass is 430 g/mol. The Morgan fingerprint density at radius 1 is 1.40 bits per heavy atom. The summed E-state index contributed by atoms with van der Waals surface area (Å²) in [4.78, 5) is 54.6. The third-order valence-corrected chi connectivity index (χ3v) is 6.52. The average Bonchev–Trinajstić information content (AvgIpc) is 3.25. The molecule has 0 saturated carbocycles. The lowest BCUT2D eigenvalue weighted by Gasteiger charge is -2.37. The number of urea groups is 1. The molecule has 2 aliphatic rings. The van der Waals surface area contributed by atoms with Crippen LogP contribution in [-0.2, 0) is 9.59 Å². The van der Waals surface area contributed by atoms with E-state index in [1.54, 1.807) is 23.4 Å². The predicted octanol–water partition coefficient (Wildman–Crippen LogP) is 0.657. The van der Waals surface area contributed by atoms with Crippen LogP contribution in [0.4, 0.5) is 9.80 Å². The van der Waals surface area contributed by atoms with Crippen molar-refractivity contribution >= 4 is 50.6 Å². The molecule has 0 aliphatic carbocycles. The first kappa shape index (κ1) is 20.2. The van der Waals surface area contributed by atoms with Gasteiger partial charge >= 0.3 is 6.03 Å². The predicted molar refractivity (Wildman–Crippen MR) is 111 cm³/mol. The van der Waals surface area contributed by atoms with E-state index in [0.717, 1.165) is 10.1 Å². The van der Waals surface area contributed by atoms with E-state index in [1.165, 1.54) is 11.3 Å². The maximum absolute atomic E-state index is 13.4. The molecule has 2 aromatic heterocycles. The van der Waals surface area contributed by atoms with E-state index in [-0.39, 0.29) is 17.8 Å². The van der Waals surface area contributed by atoms with Crippen molar-refractivity contribution in [3.05, 3.63) is 24.0 Å². The number of amides is 4. The van der Waals surface area contributed by atoms with Gasteiger partial charge in [-0.3, -0.25) is 30.0 Å². The van der Waals surface area contributed by atoms with Crippen molar-refractivity contribution in [3.8, 4) is 0 Å². The molecule has 1 spiro atoms. The fourth-order valence-corrected chi connectivity index (χ4v) is 4.98. The summed E-state index contributed by atoms with van der Waals surface area (Å²) in [6, 6.07) is 1.38. The first-order valence-corrected chi connectivity index (χ1v) is 10.5. The van der Waals surface area contributed by atoms with Crippen LogP contribution < -0.4 is 21.3 Å². The van der Waals surface area contributed by atoms with Gasteiger partial charge in [0.05, 0.1) is 10.3 Å². The minimum Gasteiger partial charge on any atom is -0.338 e. The first-order valence-electron chi connectivity index (χ1n) is 9.72. The van der Waals surface area contributed by atoms with Crippen LogP contribution in [0.15, 0.2) is 18.5 Å². The van der Waals surface area contributed by atoms with E-state index in [0.29, 0.717) is 49.3 Å². The minimum atomic E-state index is -0.828. The van der Waals surface area contributed by atoms with Gasteiger partial charge in [0, 0.05) is 37.4 Å². The normalized spacial score (nSPS) is 20.2. The number of rotatable bonds is 4. The molecule has 0 bridgehead atoms. The number of pyridine rings is 1. The van der Waals surface area contributed by atoms with Crippen molar-refractivity contribution in [2.75, 3.05) is 25.0 Å². The second-order valence-corrected chi connectivity index (χ2v) is 8.32. The minimum absolute atomic E-state index is 0.209. The number of aromatic nitrogens is 1. The van der Waals surface area contributed by atoms with E-state index in [2.05, 4.69) is 26.3 Å². The third-order valence-electron chi connectivity index (χ3n) is 5.46. The Labute approximate surface area is 176 Å². The molecule has 30 heavy (non-hydrogen) atoms. The number of hydrogen-bond donors (Lipinski definition) is 4. The molecule has 2 fully saturated rings. The summed E-state index contributed by atoms with van der Waals surface area (Å²) in [7, 11) is 0. The van der Waals surface area contributed by atoms with Crippen molar-refractivity contribution in [2.24, 2.45) is 0 Å². The highest BCUT2D eigenvalue weighted by Crippen LogP contribution is 2.37. The van der Waals surface area contributed by atoms with Gasteiger partial charge in [-0.15, -0.1) is 11.3 Å². The summed E-state index contributed by atoms with van der Waals surface area (Å²) in [5, 5.41) is 12.3. The lowest BCUT2D eigenvalue weighted by atomic mass is 9.87. The van der Waals surface area contributed by atoms with E-state index < -0.39 is 11.7 Å². The van der Waals surface area contributed by atoms with Gasteiger partial charge in [0.1, 0.15) is 16.7 Å². The molecule has 0 radical (unpaired) electrons. The van der Waals surface area contributed by atoms with Crippen LogP contribution in [-0.4, -0.2) is 65.4 Å². The van der Waals surface area contributed by atoms with Crippen LogP contribution in [0.5, 0.6) is 0 Å². The number of hydrogen-bond acceptors (Lipinski definition) is 7. The number of carbonyl (C=O) groups excluding carboxylic acids is 4. The topological polar surface area (TPSA) is 133 Å². The van der Waals surface area contributed by atoms with Gasteiger partial charge in [0.25, 0.3) is 5.91 Å². The molecule has 2 aromatic rings. The molecular formula is C19H22N6O4S. The molecule has 4 amide bonds. The Morgan fingerprint density at radius 2 is 2.17 bits per heavy atom. The van der Waals surface area contributed by atoms with Crippen molar-refractivity contribution in [1.29, 1.82) is 0 Å². The number of thiophene rings is 1. The van der Waals surface area contributed by atoms with Crippen LogP contribution >= 0.6 is 11.3 Å². The Hall–Kier alpha value is -3.05. The number of nitrogens with zero attached hydrogens (tertiary/aromatic N) is 2. The van der Waals surface area contributed by atoms with Crippen molar-refractivity contribution in [2.45, 2.75) is 31.5 Å².